The Balaban J connectivity index is 1.61. The van der Waals surface area contributed by atoms with Gasteiger partial charge in [0.25, 0.3) is 15.9 Å². The van der Waals surface area contributed by atoms with Crippen molar-refractivity contribution >= 4 is 33.0 Å². The average molecular weight is 493 g/mol. The summed E-state index contributed by atoms with van der Waals surface area (Å²) in [4.78, 5) is 16.5. The van der Waals surface area contributed by atoms with Crippen molar-refractivity contribution in [2.45, 2.75) is 18.0 Å². The summed E-state index contributed by atoms with van der Waals surface area (Å²) < 4.78 is 33.5. The number of carbonyl (C=O) groups excluding carboxylic acids is 1. The molecule has 0 aliphatic rings. The Morgan fingerprint density at radius 1 is 0.912 bits per heavy atom. The van der Waals surface area contributed by atoms with Crippen LogP contribution in [0, 0.1) is 0 Å². The molecule has 174 valence electrons. The fourth-order valence-electron chi connectivity index (χ4n) is 3.54. The summed E-state index contributed by atoms with van der Waals surface area (Å²) in [5.41, 5.74) is 1.60. The lowest BCUT2D eigenvalue weighted by Crippen LogP contribution is -2.30. The zero-order valence-electron chi connectivity index (χ0n) is 18.5. The van der Waals surface area contributed by atoms with Crippen molar-refractivity contribution in [1.29, 1.82) is 0 Å². The number of nitrogens with one attached hydrogen (secondary N) is 1. The molecular weight excluding hydrogens is 468 g/mol. The number of carbonyl (C=O) groups is 1. The number of amides is 1. The molecule has 0 bridgehead atoms. The van der Waals surface area contributed by atoms with E-state index in [0.29, 0.717) is 30.1 Å². The van der Waals surface area contributed by atoms with Gasteiger partial charge < -0.3 is 9.64 Å². The smallest absolute Gasteiger partial charge is 0.261 e. The molecule has 0 unspecified atom stereocenters. The number of para-hydroxylation sites is 1. The van der Waals surface area contributed by atoms with Crippen LogP contribution in [-0.4, -0.2) is 26.3 Å². The monoisotopic (exact) mass is 492 g/mol. The third-order valence-electron chi connectivity index (χ3n) is 5.18. The maximum Gasteiger partial charge on any atom is 0.261 e. The number of thiophene rings is 1. The van der Waals surface area contributed by atoms with Gasteiger partial charge in [-0.2, -0.15) is 0 Å². The highest BCUT2D eigenvalue weighted by molar-refractivity contribution is 7.92. The Hall–Kier alpha value is -3.62. The van der Waals surface area contributed by atoms with Gasteiger partial charge in [-0.3, -0.25) is 9.52 Å². The maximum absolute atomic E-state index is 13.6. The minimum atomic E-state index is -3.76. The van der Waals surface area contributed by atoms with Crippen molar-refractivity contribution in [2.24, 2.45) is 0 Å². The fourth-order valence-corrected chi connectivity index (χ4v) is 5.33. The highest BCUT2D eigenvalue weighted by Gasteiger charge is 2.20. The predicted molar refractivity (Wildman–Crippen MR) is 135 cm³/mol. The average Bonchev–Trinajstić information content (AvgIpc) is 3.37. The molecule has 0 spiro atoms. The van der Waals surface area contributed by atoms with Crippen molar-refractivity contribution < 1.29 is 17.9 Å². The number of sulfonamides is 1. The van der Waals surface area contributed by atoms with Gasteiger partial charge in [0, 0.05) is 21.7 Å². The van der Waals surface area contributed by atoms with E-state index in [4.69, 9.17) is 4.74 Å². The quantitative estimate of drug-likeness (QED) is 0.339. The van der Waals surface area contributed by atoms with E-state index in [1.54, 1.807) is 65.8 Å². The Kier molecular flexibility index (Phi) is 7.30. The molecule has 0 aliphatic heterocycles. The molecule has 6 nitrogen and oxygen atoms in total. The normalized spacial score (nSPS) is 11.1. The van der Waals surface area contributed by atoms with E-state index in [9.17, 15) is 13.2 Å². The summed E-state index contributed by atoms with van der Waals surface area (Å²) in [5, 5.41) is 1.97. The topological polar surface area (TPSA) is 75.7 Å². The van der Waals surface area contributed by atoms with E-state index in [0.717, 1.165) is 10.4 Å². The van der Waals surface area contributed by atoms with Crippen LogP contribution in [0.4, 0.5) is 5.69 Å². The number of rotatable bonds is 9. The summed E-state index contributed by atoms with van der Waals surface area (Å²) in [6.07, 6.45) is 0. The van der Waals surface area contributed by atoms with Gasteiger partial charge in [-0.1, -0.05) is 48.5 Å². The number of nitrogens with zero attached hydrogens (tertiary/aromatic N) is 1. The number of benzene rings is 3. The summed E-state index contributed by atoms with van der Waals surface area (Å²) in [7, 11) is -2.16. The third kappa shape index (κ3) is 5.65. The molecule has 1 N–H and O–H groups in total. The molecular formula is C26H24N2O4S2. The van der Waals surface area contributed by atoms with Crippen molar-refractivity contribution in [1.82, 2.24) is 4.90 Å². The van der Waals surface area contributed by atoms with Crippen LogP contribution in [0.1, 0.15) is 20.8 Å². The van der Waals surface area contributed by atoms with E-state index in [1.165, 1.54) is 12.1 Å². The first kappa shape index (κ1) is 23.5. The number of methoxy groups -OCH3 is 1. The molecule has 1 aromatic heterocycles. The highest BCUT2D eigenvalue weighted by Crippen LogP contribution is 2.24. The lowest BCUT2D eigenvalue weighted by atomic mass is 10.1. The van der Waals surface area contributed by atoms with Crippen LogP contribution in [0.3, 0.4) is 0 Å². The second-order valence-electron chi connectivity index (χ2n) is 7.55. The Labute approximate surface area is 203 Å². The van der Waals surface area contributed by atoms with Crippen LogP contribution in [0.25, 0.3) is 0 Å². The summed E-state index contributed by atoms with van der Waals surface area (Å²) in [6, 6.07) is 26.2. The lowest BCUT2D eigenvalue weighted by Gasteiger charge is -2.24. The van der Waals surface area contributed by atoms with Gasteiger partial charge >= 0.3 is 0 Å². The Morgan fingerprint density at radius 3 is 2.41 bits per heavy atom. The molecule has 0 atom stereocenters. The molecule has 3 aromatic carbocycles. The molecule has 0 aliphatic carbocycles. The van der Waals surface area contributed by atoms with Crippen molar-refractivity contribution in [3.05, 3.63) is 112 Å². The summed E-state index contributed by atoms with van der Waals surface area (Å²) >= 11 is 1.58. The molecule has 0 saturated carbocycles. The van der Waals surface area contributed by atoms with Gasteiger partial charge in [0.1, 0.15) is 5.75 Å². The number of hydrogen-bond acceptors (Lipinski definition) is 5. The van der Waals surface area contributed by atoms with E-state index >= 15 is 0 Å². The molecule has 0 radical (unpaired) electrons. The van der Waals surface area contributed by atoms with E-state index in [-0.39, 0.29) is 10.8 Å². The van der Waals surface area contributed by atoms with E-state index in [1.807, 2.05) is 41.8 Å². The summed E-state index contributed by atoms with van der Waals surface area (Å²) in [6.45, 7) is 0.773. The molecule has 1 heterocycles. The van der Waals surface area contributed by atoms with E-state index < -0.39 is 10.0 Å². The minimum Gasteiger partial charge on any atom is -0.496 e. The van der Waals surface area contributed by atoms with E-state index in [2.05, 4.69) is 4.72 Å². The van der Waals surface area contributed by atoms with Crippen LogP contribution in [-0.2, 0) is 23.1 Å². The summed E-state index contributed by atoms with van der Waals surface area (Å²) in [5.74, 6) is 0.496. The molecule has 8 heteroatoms. The second-order valence-corrected chi connectivity index (χ2v) is 10.3. The number of anilines is 1. The number of ether oxygens (including phenoxy) is 1. The highest BCUT2D eigenvalue weighted by atomic mass is 32.2. The van der Waals surface area contributed by atoms with Crippen LogP contribution >= 0.6 is 11.3 Å². The zero-order valence-corrected chi connectivity index (χ0v) is 20.2. The van der Waals surface area contributed by atoms with Crippen molar-refractivity contribution in [3.8, 4) is 5.75 Å². The van der Waals surface area contributed by atoms with Gasteiger partial charge in [0.2, 0.25) is 0 Å². The SMILES string of the molecule is COc1ccccc1CN(Cc1cccs1)C(=O)c1cccc(NS(=O)(=O)c2ccccc2)c1. The van der Waals surface area contributed by atoms with Gasteiger partial charge in [-0.15, -0.1) is 11.3 Å². The second kappa shape index (κ2) is 10.5. The van der Waals surface area contributed by atoms with Crippen LogP contribution < -0.4 is 9.46 Å². The molecule has 4 rings (SSSR count). The first-order valence-corrected chi connectivity index (χ1v) is 12.9. The van der Waals surface area contributed by atoms with Gasteiger partial charge in [-0.05, 0) is 47.8 Å². The molecule has 4 aromatic rings. The van der Waals surface area contributed by atoms with Crippen molar-refractivity contribution in [3.63, 3.8) is 0 Å². The first-order chi connectivity index (χ1) is 16.5. The predicted octanol–water partition coefficient (Wildman–Crippen LogP) is 5.40. The fraction of sp³-hybridized carbons (Fsp3) is 0.115. The first-order valence-electron chi connectivity index (χ1n) is 10.6. The minimum absolute atomic E-state index is 0.155. The van der Waals surface area contributed by atoms with Crippen molar-refractivity contribution in [2.75, 3.05) is 11.8 Å². The Morgan fingerprint density at radius 2 is 1.68 bits per heavy atom. The van der Waals surface area contributed by atoms with Gasteiger partial charge in [0.05, 0.1) is 25.1 Å². The standard InChI is InChI=1S/C26H24N2O4S2/c1-32-25-15-6-5-9-21(25)18-28(19-23-12-8-16-33-23)26(29)20-10-7-11-22(17-20)27-34(30,31)24-13-3-2-4-14-24/h2-17,27H,18-19H2,1H3. The molecule has 0 fully saturated rings. The van der Waals surface area contributed by atoms with Crippen LogP contribution in [0.5, 0.6) is 5.75 Å². The third-order valence-corrected chi connectivity index (χ3v) is 7.44. The van der Waals surface area contributed by atoms with Gasteiger partial charge in [-0.25, -0.2) is 8.42 Å². The zero-order chi connectivity index (χ0) is 24.0. The maximum atomic E-state index is 13.6. The van der Waals surface area contributed by atoms with Crippen LogP contribution in [0.15, 0.2) is 101 Å². The molecule has 1 amide bonds. The lowest BCUT2D eigenvalue weighted by molar-refractivity contribution is 0.0730. The van der Waals surface area contributed by atoms with Gasteiger partial charge in [0.15, 0.2) is 0 Å². The molecule has 0 saturated heterocycles. The number of hydrogen-bond donors (Lipinski definition) is 1. The molecule has 34 heavy (non-hydrogen) atoms. The largest absolute Gasteiger partial charge is 0.496 e. The van der Waals surface area contributed by atoms with Crippen LogP contribution in [0.2, 0.25) is 0 Å². The Bertz CT molecular complexity index is 1350.